The van der Waals surface area contributed by atoms with Crippen molar-refractivity contribution in [2.45, 2.75) is 13.2 Å². The van der Waals surface area contributed by atoms with Crippen molar-refractivity contribution < 1.29 is 13.9 Å². The van der Waals surface area contributed by atoms with Crippen LogP contribution >= 0.6 is 27.5 Å². The van der Waals surface area contributed by atoms with Crippen molar-refractivity contribution in [1.29, 1.82) is 0 Å². The zero-order valence-corrected chi connectivity index (χ0v) is 13.1. The SMILES string of the molecule is O=C(Nc1c(Cl)cc(F)cc1Br)c1ccc2c(c1)COC2. The Bertz CT molecular complexity index is 713. The molecule has 0 bridgehead atoms. The molecule has 0 atom stereocenters. The van der Waals surface area contributed by atoms with Gasteiger partial charge < -0.3 is 10.1 Å². The number of anilines is 1. The topological polar surface area (TPSA) is 38.3 Å². The molecule has 0 saturated heterocycles. The van der Waals surface area contributed by atoms with Crippen molar-refractivity contribution in [3.63, 3.8) is 0 Å². The Balaban J connectivity index is 1.87. The Hall–Kier alpha value is -1.43. The van der Waals surface area contributed by atoms with Gasteiger partial charge in [0.25, 0.3) is 5.91 Å². The molecule has 1 heterocycles. The minimum absolute atomic E-state index is 0.139. The molecule has 1 amide bonds. The van der Waals surface area contributed by atoms with E-state index in [1.807, 2.05) is 6.07 Å². The minimum Gasteiger partial charge on any atom is -0.372 e. The summed E-state index contributed by atoms with van der Waals surface area (Å²) in [6, 6.07) is 7.80. The molecule has 2 aromatic carbocycles. The van der Waals surface area contributed by atoms with E-state index in [0.29, 0.717) is 28.9 Å². The molecule has 1 aliphatic heterocycles. The summed E-state index contributed by atoms with van der Waals surface area (Å²) < 4.78 is 18.9. The molecule has 3 rings (SSSR count). The second kappa shape index (κ2) is 5.75. The van der Waals surface area contributed by atoms with E-state index in [2.05, 4.69) is 21.2 Å². The number of hydrogen-bond donors (Lipinski definition) is 1. The summed E-state index contributed by atoms with van der Waals surface area (Å²) in [5, 5.41) is 2.83. The highest BCUT2D eigenvalue weighted by molar-refractivity contribution is 9.10. The monoisotopic (exact) mass is 369 g/mol. The van der Waals surface area contributed by atoms with Crippen LogP contribution in [0.2, 0.25) is 5.02 Å². The lowest BCUT2D eigenvalue weighted by Gasteiger charge is -2.10. The van der Waals surface area contributed by atoms with Crippen LogP contribution in [0.15, 0.2) is 34.8 Å². The first-order valence-electron chi connectivity index (χ1n) is 6.20. The third-order valence-electron chi connectivity index (χ3n) is 3.23. The van der Waals surface area contributed by atoms with Crippen molar-refractivity contribution in [1.82, 2.24) is 0 Å². The molecule has 0 spiro atoms. The van der Waals surface area contributed by atoms with E-state index in [-0.39, 0.29) is 10.9 Å². The molecule has 0 unspecified atom stereocenters. The molecule has 0 saturated carbocycles. The molecular formula is C15H10BrClFNO2. The van der Waals surface area contributed by atoms with Gasteiger partial charge in [0.2, 0.25) is 0 Å². The summed E-state index contributed by atoms with van der Waals surface area (Å²) in [6.07, 6.45) is 0. The maximum Gasteiger partial charge on any atom is 0.255 e. The average Bonchev–Trinajstić information content (AvgIpc) is 2.89. The Labute approximate surface area is 134 Å². The van der Waals surface area contributed by atoms with E-state index >= 15 is 0 Å². The van der Waals surface area contributed by atoms with Gasteiger partial charge in [-0.15, -0.1) is 0 Å². The Morgan fingerprint density at radius 1 is 1.24 bits per heavy atom. The van der Waals surface area contributed by atoms with Crippen LogP contribution in [0, 0.1) is 5.82 Å². The second-order valence-corrected chi connectivity index (χ2v) is 5.94. The zero-order valence-electron chi connectivity index (χ0n) is 10.8. The van der Waals surface area contributed by atoms with Crippen molar-refractivity contribution in [2.24, 2.45) is 0 Å². The number of carbonyl (C=O) groups is 1. The van der Waals surface area contributed by atoms with Crippen LogP contribution in [0.4, 0.5) is 10.1 Å². The first-order valence-corrected chi connectivity index (χ1v) is 7.37. The molecular weight excluding hydrogens is 361 g/mol. The highest BCUT2D eigenvalue weighted by Gasteiger charge is 2.16. The lowest BCUT2D eigenvalue weighted by Crippen LogP contribution is -2.13. The molecule has 1 aliphatic rings. The van der Waals surface area contributed by atoms with Crippen molar-refractivity contribution in [2.75, 3.05) is 5.32 Å². The second-order valence-electron chi connectivity index (χ2n) is 4.67. The van der Waals surface area contributed by atoms with Crippen molar-refractivity contribution in [3.8, 4) is 0 Å². The van der Waals surface area contributed by atoms with Crippen LogP contribution < -0.4 is 5.32 Å². The van der Waals surface area contributed by atoms with E-state index in [9.17, 15) is 9.18 Å². The van der Waals surface area contributed by atoms with Crippen LogP contribution in [-0.4, -0.2) is 5.91 Å². The molecule has 108 valence electrons. The maximum absolute atomic E-state index is 13.2. The van der Waals surface area contributed by atoms with Gasteiger partial charge in [-0.2, -0.15) is 0 Å². The van der Waals surface area contributed by atoms with Gasteiger partial charge in [-0.3, -0.25) is 4.79 Å². The lowest BCUT2D eigenvalue weighted by atomic mass is 10.1. The van der Waals surface area contributed by atoms with Crippen molar-refractivity contribution in [3.05, 3.63) is 62.3 Å². The molecule has 0 aromatic heterocycles. The quantitative estimate of drug-likeness (QED) is 0.844. The molecule has 3 nitrogen and oxygen atoms in total. The van der Waals surface area contributed by atoms with Gasteiger partial charge in [-0.05, 0) is 51.3 Å². The molecule has 1 N–H and O–H groups in total. The molecule has 21 heavy (non-hydrogen) atoms. The fourth-order valence-electron chi connectivity index (χ4n) is 2.16. The van der Waals surface area contributed by atoms with Gasteiger partial charge in [0.05, 0.1) is 23.9 Å². The normalized spacial score (nSPS) is 13.1. The van der Waals surface area contributed by atoms with Crippen LogP contribution in [0.25, 0.3) is 0 Å². The van der Waals surface area contributed by atoms with Gasteiger partial charge in [0.15, 0.2) is 0 Å². The molecule has 6 heteroatoms. The molecule has 0 fully saturated rings. The summed E-state index contributed by atoms with van der Waals surface area (Å²) >= 11 is 9.14. The number of nitrogens with one attached hydrogen (secondary N) is 1. The largest absolute Gasteiger partial charge is 0.372 e. The number of amides is 1. The average molecular weight is 371 g/mol. The smallest absolute Gasteiger partial charge is 0.255 e. The fraction of sp³-hybridized carbons (Fsp3) is 0.133. The van der Waals surface area contributed by atoms with E-state index < -0.39 is 5.82 Å². The molecule has 0 radical (unpaired) electrons. The summed E-state index contributed by atoms with van der Waals surface area (Å²) in [6.45, 7) is 1.09. The number of benzene rings is 2. The van der Waals surface area contributed by atoms with Crippen LogP contribution in [0.3, 0.4) is 0 Å². The molecule has 0 aliphatic carbocycles. The van der Waals surface area contributed by atoms with Gasteiger partial charge >= 0.3 is 0 Å². The number of rotatable bonds is 2. The standard InChI is InChI=1S/C15H10BrClFNO2/c16-12-4-11(18)5-13(17)14(12)19-15(20)8-1-2-9-6-21-7-10(9)3-8/h1-5H,6-7H2,(H,19,20). The first kappa shape index (κ1) is 14.5. The highest BCUT2D eigenvalue weighted by atomic mass is 79.9. The number of halogens is 3. The molecule has 2 aromatic rings. The Morgan fingerprint density at radius 2 is 2.00 bits per heavy atom. The third kappa shape index (κ3) is 2.95. The van der Waals surface area contributed by atoms with E-state index in [0.717, 1.165) is 17.2 Å². The fourth-order valence-corrected chi connectivity index (χ4v) is 3.06. The van der Waals surface area contributed by atoms with Gasteiger partial charge in [0.1, 0.15) is 5.82 Å². The zero-order chi connectivity index (χ0) is 15.0. The summed E-state index contributed by atoms with van der Waals surface area (Å²) in [4.78, 5) is 12.3. The number of fused-ring (bicyclic) bond motifs is 1. The summed E-state index contributed by atoms with van der Waals surface area (Å²) in [7, 11) is 0. The van der Waals surface area contributed by atoms with Crippen LogP contribution in [-0.2, 0) is 18.0 Å². The van der Waals surface area contributed by atoms with E-state index in [1.165, 1.54) is 6.07 Å². The Morgan fingerprint density at radius 3 is 2.76 bits per heavy atom. The Kier molecular flexibility index (Phi) is 3.97. The predicted octanol–water partition coefficient (Wildman–Crippen LogP) is 4.52. The first-order chi connectivity index (χ1) is 10.0. The number of ether oxygens (including phenoxy) is 1. The van der Waals surface area contributed by atoms with Crippen molar-refractivity contribution >= 4 is 39.1 Å². The summed E-state index contributed by atoms with van der Waals surface area (Å²) in [5.74, 6) is -0.779. The highest BCUT2D eigenvalue weighted by Crippen LogP contribution is 2.32. The van der Waals surface area contributed by atoms with Gasteiger partial charge in [-0.25, -0.2) is 4.39 Å². The van der Waals surface area contributed by atoms with Gasteiger partial charge in [0, 0.05) is 10.0 Å². The number of carbonyl (C=O) groups excluding carboxylic acids is 1. The van der Waals surface area contributed by atoms with E-state index in [4.69, 9.17) is 16.3 Å². The number of hydrogen-bond acceptors (Lipinski definition) is 2. The summed E-state index contributed by atoms with van der Waals surface area (Å²) in [5.41, 5.74) is 2.95. The van der Waals surface area contributed by atoms with Crippen LogP contribution in [0.1, 0.15) is 21.5 Å². The maximum atomic E-state index is 13.2. The van der Waals surface area contributed by atoms with Gasteiger partial charge in [-0.1, -0.05) is 17.7 Å². The lowest BCUT2D eigenvalue weighted by molar-refractivity contribution is 0.102. The predicted molar refractivity (Wildman–Crippen MR) is 82.0 cm³/mol. The third-order valence-corrected chi connectivity index (χ3v) is 4.15. The minimum atomic E-state index is -0.473. The van der Waals surface area contributed by atoms with Crippen LogP contribution in [0.5, 0.6) is 0 Å². The van der Waals surface area contributed by atoms with E-state index in [1.54, 1.807) is 12.1 Å².